The van der Waals surface area contributed by atoms with Crippen LogP contribution in [0.5, 0.6) is 0 Å². The summed E-state index contributed by atoms with van der Waals surface area (Å²) in [6.45, 7) is 2.12. The SMILES string of the molecule is CCNC(=O)Nc1cc(Cl)ccc1C#CCO. The van der Waals surface area contributed by atoms with Crippen LogP contribution < -0.4 is 10.6 Å². The normalized spacial score (nSPS) is 9.12. The highest BCUT2D eigenvalue weighted by Crippen LogP contribution is 2.20. The van der Waals surface area contributed by atoms with Gasteiger partial charge in [0.25, 0.3) is 0 Å². The summed E-state index contributed by atoms with van der Waals surface area (Å²) in [4.78, 5) is 11.4. The average Bonchev–Trinajstić information content (AvgIpc) is 2.28. The Hall–Kier alpha value is -1.70. The number of rotatable bonds is 2. The summed E-state index contributed by atoms with van der Waals surface area (Å²) < 4.78 is 0. The van der Waals surface area contributed by atoms with Crippen molar-refractivity contribution in [2.24, 2.45) is 0 Å². The molecule has 0 radical (unpaired) electrons. The minimum absolute atomic E-state index is 0.233. The van der Waals surface area contributed by atoms with Gasteiger partial charge in [-0.25, -0.2) is 4.79 Å². The van der Waals surface area contributed by atoms with Crippen LogP contribution in [0.15, 0.2) is 18.2 Å². The first-order valence-corrected chi connectivity index (χ1v) is 5.49. The first-order valence-electron chi connectivity index (χ1n) is 5.11. The van der Waals surface area contributed by atoms with Gasteiger partial charge in [0.2, 0.25) is 0 Å². The highest BCUT2D eigenvalue weighted by Gasteiger charge is 2.05. The Morgan fingerprint density at radius 3 is 2.94 bits per heavy atom. The van der Waals surface area contributed by atoms with Gasteiger partial charge in [0, 0.05) is 17.1 Å². The van der Waals surface area contributed by atoms with Crippen molar-refractivity contribution in [3.63, 3.8) is 0 Å². The molecule has 1 aromatic carbocycles. The topological polar surface area (TPSA) is 61.4 Å². The molecule has 0 atom stereocenters. The highest BCUT2D eigenvalue weighted by atomic mass is 35.5. The second-order valence-electron chi connectivity index (χ2n) is 3.13. The summed E-state index contributed by atoms with van der Waals surface area (Å²) >= 11 is 5.84. The molecule has 0 aliphatic carbocycles. The first kappa shape index (κ1) is 13.4. The molecule has 0 bridgehead atoms. The average molecular weight is 253 g/mol. The van der Waals surface area contributed by atoms with Crippen LogP contribution in [-0.4, -0.2) is 24.3 Å². The predicted octanol–water partition coefficient (Wildman–Crippen LogP) is 1.83. The van der Waals surface area contributed by atoms with E-state index in [-0.39, 0.29) is 12.6 Å². The number of aliphatic hydroxyl groups is 1. The number of nitrogens with one attached hydrogen (secondary N) is 2. The van der Waals surface area contributed by atoms with E-state index in [9.17, 15) is 4.79 Å². The number of amides is 2. The molecule has 5 heteroatoms. The Kier molecular flexibility index (Phi) is 5.34. The van der Waals surface area contributed by atoms with Gasteiger partial charge in [-0.2, -0.15) is 0 Å². The zero-order valence-electron chi connectivity index (χ0n) is 9.38. The monoisotopic (exact) mass is 252 g/mol. The highest BCUT2D eigenvalue weighted by molar-refractivity contribution is 6.31. The van der Waals surface area contributed by atoms with Crippen molar-refractivity contribution in [1.29, 1.82) is 0 Å². The molecule has 0 heterocycles. The molecular weight excluding hydrogens is 240 g/mol. The number of carbonyl (C=O) groups excluding carboxylic acids is 1. The van der Waals surface area contributed by atoms with Crippen molar-refractivity contribution in [3.05, 3.63) is 28.8 Å². The van der Waals surface area contributed by atoms with E-state index in [0.29, 0.717) is 22.8 Å². The van der Waals surface area contributed by atoms with Gasteiger partial charge in [0.1, 0.15) is 6.61 Å². The second-order valence-corrected chi connectivity index (χ2v) is 3.57. The molecule has 90 valence electrons. The molecule has 1 rings (SSSR count). The van der Waals surface area contributed by atoms with E-state index in [1.807, 2.05) is 6.92 Å². The quantitative estimate of drug-likeness (QED) is 0.703. The van der Waals surface area contributed by atoms with Gasteiger partial charge >= 0.3 is 6.03 Å². The largest absolute Gasteiger partial charge is 0.384 e. The molecule has 0 aromatic heterocycles. The van der Waals surface area contributed by atoms with Crippen molar-refractivity contribution < 1.29 is 9.90 Å². The summed E-state index contributed by atoms with van der Waals surface area (Å²) in [5, 5.41) is 14.4. The maximum Gasteiger partial charge on any atom is 0.319 e. The first-order chi connectivity index (χ1) is 8.17. The van der Waals surface area contributed by atoms with Crippen LogP contribution in [0.2, 0.25) is 5.02 Å². The third-order valence-electron chi connectivity index (χ3n) is 1.87. The standard InChI is InChI=1S/C12H13ClN2O2/c1-2-14-12(17)15-11-8-10(13)6-5-9(11)4-3-7-16/h5-6,8,16H,2,7H2,1H3,(H2,14,15,17). The van der Waals surface area contributed by atoms with Crippen LogP contribution in [-0.2, 0) is 0 Å². The zero-order chi connectivity index (χ0) is 12.7. The number of urea groups is 1. The maximum atomic E-state index is 11.4. The van der Waals surface area contributed by atoms with Crippen LogP contribution >= 0.6 is 11.6 Å². The summed E-state index contributed by atoms with van der Waals surface area (Å²) in [5.74, 6) is 5.26. The predicted molar refractivity (Wildman–Crippen MR) is 68.1 cm³/mol. The van der Waals surface area contributed by atoms with Crippen molar-refractivity contribution in [1.82, 2.24) is 5.32 Å². The molecule has 0 fully saturated rings. The number of aliphatic hydroxyl groups excluding tert-OH is 1. The molecule has 2 amide bonds. The summed E-state index contributed by atoms with van der Waals surface area (Å²) in [7, 11) is 0. The maximum absolute atomic E-state index is 11.4. The van der Waals surface area contributed by atoms with Crippen LogP contribution in [0.4, 0.5) is 10.5 Å². The number of carbonyl (C=O) groups is 1. The molecule has 0 saturated heterocycles. The summed E-state index contributed by atoms with van der Waals surface area (Å²) in [6.07, 6.45) is 0. The molecule has 4 nitrogen and oxygen atoms in total. The molecule has 0 spiro atoms. The molecule has 0 unspecified atom stereocenters. The Balaban J connectivity index is 2.94. The minimum Gasteiger partial charge on any atom is -0.384 e. The lowest BCUT2D eigenvalue weighted by molar-refractivity contribution is 0.252. The molecule has 3 N–H and O–H groups in total. The Labute approximate surface area is 105 Å². The molecule has 0 aliphatic rings. The zero-order valence-corrected chi connectivity index (χ0v) is 10.1. The van der Waals surface area contributed by atoms with Crippen molar-refractivity contribution >= 4 is 23.3 Å². The smallest absolute Gasteiger partial charge is 0.319 e. The van der Waals surface area contributed by atoms with E-state index in [0.717, 1.165) is 0 Å². The van der Waals surface area contributed by atoms with Gasteiger partial charge < -0.3 is 15.7 Å². The lowest BCUT2D eigenvalue weighted by Gasteiger charge is -2.08. The Morgan fingerprint density at radius 1 is 1.53 bits per heavy atom. The lowest BCUT2D eigenvalue weighted by atomic mass is 10.2. The van der Waals surface area contributed by atoms with Crippen LogP contribution in [0.25, 0.3) is 0 Å². The van der Waals surface area contributed by atoms with Gasteiger partial charge in [-0.3, -0.25) is 0 Å². The number of benzene rings is 1. The van der Waals surface area contributed by atoms with Crippen LogP contribution in [0.1, 0.15) is 12.5 Å². The number of anilines is 1. The van der Waals surface area contributed by atoms with Gasteiger partial charge in [-0.05, 0) is 25.1 Å². The summed E-state index contributed by atoms with van der Waals surface area (Å²) in [5.41, 5.74) is 1.12. The van der Waals surface area contributed by atoms with E-state index >= 15 is 0 Å². The van der Waals surface area contributed by atoms with Crippen molar-refractivity contribution in [2.75, 3.05) is 18.5 Å². The van der Waals surface area contributed by atoms with E-state index in [4.69, 9.17) is 16.7 Å². The van der Waals surface area contributed by atoms with Gasteiger partial charge in [0.15, 0.2) is 0 Å². The summed E-state index contributed by atoms with van der Waals surface area (Å²) in [6, 6.07) is 4.65. The second kappa shape index (κ2) is 6.79. The van der Waals surface area contributed by atoms with E-state index in [1.54, 1.807) is 18.2 Å². The van der Waals surface area contributed by atoms with Crippen molar-refractivity contribution in [3.8, 4) is 11.8 Å². The van der Waals surface area contributed by atoms with E-state index in [1.165, 1.54) is 0 Å². The Morgan fingerprint density at radius 2 is 2.29 bits per heavy atom. The third kappa shape index (κ3) is 4.35. The fourth-order valence-electron chi connectivity index (χ4n) is 1.19. The van der Waals surface area contributed by atoms with Crippen molar-refractivity contribution in [2.45, 2.75) is 6.92 Å². The minimum atomic E-state index is -0.318. The lowest BCUT2D eigenvalue weighted by Crippen LogP contribution is -2.28. The fraction of sp³-hybridized carbons (Fsp3) is 0.250. The van der Waals surface area contributed by atoms with E-state index < -0.39 is 0 Å². The molecule has 17 heavy (non-hydrogen) atoms. The fourth-order valence-corrected chi connectivity index (χ4v) is 1.36. The van der Waals surface area contributed by atoms with Crippen LogP contribution in [0.3, 0.4) is 0 Å². The Bertz CT molecular complexity index is 463. The number of hydrogen-bond donors (Lipinski definition) is 3. The molecular formula is C12H13ClN2O2. The third-order valence-corrected chi connectivity index (χ3v) is 2.10. The molecule has 0 saturated carbocycles. The van der Waals surface area contributed by atoms with Gasteiger partial charge in [-0.1, -0.05) is 23.4 Å². The molecule has 0 aliphatic heterocycles. The molecule has 1 aromatic rings. The van der Waals surface area contributed by atoms with Crippen LogP contribution in [0, 0.1) is 11.8 Å². The van der Waals surface area contributed by atoms with E-state index in [2.05, 4.69) is 22.5 Å². The number of hydrogen-bond acceptors (Lipinski definition) is 2. The van der Waals surface area contributed by atoms with Gasteiger partial charge in [-0.15, -0.1) is 0 Å². The van der Waals surface area contributed by atoms with Gasteiger partial charge in [0.05, 0.1) is 5.69 Å². The number of halogens is 1.